The van der Waals surface area contributed by atoms with E-state index in [9.17, 15) is 0 Å². The number of nitrogens with zero attached hydrogens (tertiary/aromatic N) is 1. The molecule has 0 radical (unpaired) electrons. The van der Waals surface area contributed by atoms with Crippen LogP contribution in [0, 0.1) is 11.3 Å². The van der Waals surface area contributed by atoms with E-state index in [-0.39, 0.29) is 0 Å². The summed E-state index contributed by atoms with van der Waals surface area (Å²) in [5, 5.41) is 0. The van der Waals surface area contributed by atoms with Gasteiger partial charge in [0.25, 0.3) is 0 Å². The highest BCUT2D eigenvalue weighted by molar-refractivity contribution is 5.17. The SMILES string of the molecule is CC(C)C1(CCc2ccccc2)CN(Cc2ccccc2)C1. The quantitative estimate of drug-likeness (QED) is 0.741. The van der Waals surface area contributed by atoms with Crippen LogP contribution in [0.1, 0.15) is 31.4 Å². The second-order valence-electron chi connectivity index (χ2n) is 7.13. The fourth-order valence-electron chi connectivity index (χ4n) is 3.65. The molecule has 0 saturated carbocycles. The number of likely N-dealkylation sites (tertiary alicyclic amines) is 1. The number of rotatable bonds is 6. The Balaban J connectivity index is 1.56. The Bertz CT molecular complexity index is 567. The van der Waals surface area contributed by atoms with Gasteiger partial charge in [0, 0.05) is 19.6 Å². The van der Waals surface area contributed by atoms with E-state index in [4.69, 9.17) is 0 Å². The zero-order valence-electron chi connectivity index (χ0n) is 13.8. The minimum absolute atomic E-state index is 0.505. The van der Waals surface area contributed by atoms with Crippen molar-refractivity contribution in [3.63, 3.8) is 0 Å². The van der Waals surface area contributed by atoms with E-state index in [1.165, 1.54) is 37.1 Å². The van der Waals surface area contributed by atoms with Crippen LogP contribution >= 0.6 is 0 Å². The third-order valence-electron chi connectivity index (χ3n) is 5.31. The van der Waals surface area contributed by atoms with Crippen molar-refractivity contribution in [1.29, 1.82) is 0 Å². The first-order valence-corrected chi connectivity index (χ1v) is 8.48. The van der Waals surface area contributed by atoms with E-state index >= 15 is 0 Å². The maximum atomic E-state index is 2.60. The molecule has 0 bridgehead atoms. The summed E-state index contributed by atoms with van der Waals surface area (Å²) in [6.45, 7) is 8.37. The molecule has 1 heterocycles. The van der Waals surface area contributed by atoms with E-state index in [1.54, 1.807) is 0 Å². The second kappa shape index (κ2) is 6.66. The number of hydrogen-bond donors (Lipinski definition) is 0. The van der Waals surface area contributed by atoms with Gasteiger partial charge in [0.2, 0.25) is 0 Å². The number of aryl methyl sites for hydroxylation is 1. The summed E-state index contributed by atoms with van der Waals surface area (Å²) in [6.07, 6.45) is 2.51. The zero-order chi connectivity index (χ0) is 15.4. The maximum absolute atomic E-state index is 2.60. The Morgan fingerprint density at radius 1 is 0.864 bits per heavy atom. The van der Waals surface area contributed by atoms with E-state index < -0.39 is 0 Å². The molecular formula is C21H27N. The first-order valence-electron chi connectivity index (χ1n) is 8.48. The van der Waals surface area contributed by atoms with Crippen molar-refractivity contribution in [2.24, 2.45) is 11.3 Å². The molecule has 1 fully saturated rings. The van der Waals surface area contributed by atoms with E-state index in [1.807, 2.05) is 0 Å². The van der Waals surface area contributed by atoms with Crippen LogP contribution in [0.3, 0.4) is 0 Å². The van der Waals surface area contributed by atoms with Crippen LogP contribution in [-0.2, 0) is 13.0 Å². The summed E-state index contributed by atoms with van der Waals surface area (Å²) >= 11 is 0. The largest absolute Gasteiger partial charge is 0.298 e. The maximum Gasteiger partial charge on any atom is 0.0234 e. The molecule has 3 rings (SSSR count). The molecule has 1 nitrogen and oxygen atoms in total. The fourth-order valence-corrected chi connectivity index (χ4v) is 3.65. The Hall–Kier alpha value is -1.60. The van der Waals surface area contributed by atoms with Crippen LogP contribution < -0.4 is 0 Å². The molecule has 2 aromatic carbocycles. The van der Waals surface area contributed by atoms with Gasteiger partial charge in [-0.2, -0.15) is 0 Å². The highest BCUT2D eigenvalue weighted by Gasteiger charge is 2.44. The molecule has 0 aliphatic carbocycles. The molecule has 2 aromatic rings. The van der Waals surface area contributed by atoms with Crippen LogP contribution in [0.4, 0.5) is 0 Å². The molecule has 0 aromatic heterocycles. The summed E-state index contributed by atoms with van der Waals surface area (Å²) in [5.74, 6) is 0.753. The average Bonchev–Trinajstić information content (AvgIpc) is 2.51. The normalized spacial score (nSPS) is 17.4. The summed E-state index contributed by atoms with van der Waals surface area (Å²) < 4.78 is 0. The molecule has 1 aliphatic heterocycles. The monoisotopic (exact) mass is 293 g/mol. The lowest BCUT2D eigenvalue weighted by molar-refractivity contribution is -0.0477. The van der Waals surface area contributed by atoms with Crippen molar-refractivity contribution >= 4 is 0 Å². The second-order valence-corrected chi connectivity index (χ2v) is 7.13. The first kappa shape index (κ1) is 15.3. The van der Waals surface area contributed by atoms with Gasteiger partial charge in [0.15, 0.2) is 0 Å². The predicted octanol–water partition coefficient (Wildman–Crippen LogP) is 4.78. The fraction of sp³-hybridized carbons (Fsp3) is 0.429. The topological polar surface area (TPSA) is 3.24 Å². The molecule has 0 amide bonds. The summed E-state index contributed by atoms with van der Waals surface area (Å²) in [4.78, 5) is 2.60. The Kier molecular flexibility index (Phi) is 4.63. The molecule has 116 valence electrons. The van der Waals surface area contributed by atoms with Crippen molar-refractivity contribution in [3.05, 3.63) is 71.8 Å². The molecule has 22 heavy (non-hydrogen) atoms. The average molecular weight is 293 g/mol. The minimum Gasteiger partial charge on any atom is -0.298 e. The van der Waals surface area contributed by atoms with Gasteiger partial charge < -0.3 is 0 Å². The van der Waals surface area contributed by atoms with Crippen molar-refractivity contribution < 1.29 is 0 Å². The standard InChI is InChI=1S/C21H27N/c1-18(2)21(14-13-19-9-5-3-6-10-19)16-22(17-21)15-20-11-7-4-8-12-20/h3-12,18H,13-17H2,1-2H3. The lowest BCUT2D eigenvalue weighted by Crippen LogP contribution is -2.58. The molecule has 1 heteroatoms. The summed E-state index contributed by atoms with van der Waals surface area (Å²) in [7, 11) is 0. The van der Waals surface area contributed by atoms with Crippen molar-refractivity contribution in [3.8, 4) is 0 Å². The predicted molar refractivity (Wildman–Crippen MR) is 93.8 cm³/mol. The molecule has 0 atom stereocenters. The van der Waals surface area contributed by atoms with Gasteiger partial charge in [-0.05, 0) is 35.3 Å². The van der Waals surface area contributed by atoms with E-state index in [2.05, 4.69) is 79.4 Å². The Morgan fingerprint density at radius 2 is 1.41 bits per heavy atom. The number of benzene rings is 2. The zero-order valence-corrected chi connectivity index (χ0v) is 13.8. The van der Waals surface area contributed by atoms with Gasteiger partial charge in [-0.25, -0.2) is 0 Å². The molecule has 0 unspecified atom stereocenters. The third kappa shape index (κ3) is 3.41. The third-order valence-corrected chi connectivity index (χ3v) is 5.31. The first-order chi connectivity index (χ1) is 10.7. The van der Waals surface area contributed by atoms with Gasteiger partial charge in [-0.3, -0.25) is 4.90 Å². The lowest BCUT2D eigenvalue weighted by Gasteiger charge is -2.53. The van der Waals surface area contributed by atoms with Crippen LogP contribution in [0.5, 0.6) is 0 Å². The minimum atomic E-state index is 0.505. The smallest absolute Gasteiger partial charge is 0.0234 e. The molecule has 0 spiro atoms. The molecule has 1 saturated heterocycles. The van der Waals surface area contributed by atoms with E-state index in [0.29, 0.717) is 5.41 Å². The molecular weight excluding hydrogens is 266 g/mol. The highest BCUT2D eigenvalue weighted by atomic mass is 15.2. The Labute approximate surface area is 135 Å². The van der Waals surface area contributed by atoms with Crippen molar-refractivity contribution in [2.45, 2.75) is 33.2 Å². The van der Waals surface area contributed by atoms with Gasteiger partial charge in [0.05, 0.1) is 0 Å². The van der Waals surface area contributed by atoms with Crippen LogP contribution in [0.25, 0.3) is 0 Å². The lowest BCUT2D eigenvalue weighted by atomic mass is 9.67. The number of hydrogen-bond acceptors (Lipinski definition) is 1. The van der Waals surface area contributed by atoms with E-state index in [0.717, 1.165) is 12.5 Å². The van der Waals surface area contributed by atoms with Gasteiger partial charge >= 0.3 is 0 Å². The summed E-state index contributed by atoms with van der Waals surface area (Å²) in [6, 6.07) is 21.8. The van der Waals surface area contributed by atoms with Gasteiger partial charge in [-0.1, -0.05) is 74.5 Å². The van der Waals surface area contributed by atoms with Gasteiger partial charge in [-0.15, -0.1) is 0 Å². The van der Waals surface area contributed by atoms with Crippen LogP contribution in [0.2, 0.25) is 0 Å². The van der Waals surface area contributed by atoms with Crippen LogP contribution in [0.15, 0.2) is 60.7 Å². The van der Waals surface area contributed by atoms with Crippen molar-refractivity contribution in [1.82, 2.24) is 4.90 Å². The Morgan fingerprint density at radius 3 is 1.95 bits per heavy atom. The van der Waals surface area contributed by atoms with Crippen LogP contribution in [-0.4, -0.2) is 18.0 Å². The molecule has 0 N–H and O–H groups in total. The molecule has 1 aliphatic rings. The van der Waals surface area contributed by atoms with Gasteiger partial charge in [0.1, 0.15) is 0 Å². The van der Waals surface area contributed by atoms with Crippen molar-refractivity contribution in [2.75, 3.05) is 13.1 Å². The highest BCUT2D eigenvalue weighted by Crippen LogP contribution is 2.42. The summed E-state index contributed by atoms with van der Waals surface area (Å²) in [5.41, 5.74) is 3.41.